The lowest BCUT2D eigenvalue weighted by atomic mass is 10.2. The number of benzene rings is 1. The molecule has 3 rings (SSSR count). The maximum absolute atomic E-state index is 12.7. The van der Waals surface area contributed by atoms with Gasteiger partial charge in [0.2, 0.25) is 5.91 Å². The Morgan fingerprint density at radius 1 is 1.12 bits per heavy atom. The highest BCUT2D eigenvalue weighted by molar-refractivity contribution is 5.97. The van der Waals surface area contributed by atoms with Gasteiger partial charge in [0.15, 0.2) is 0 Å². The fourth-order valence-electron chi connectivity index (χ4n) is 3.43. The molecule has 0 aliphatic carbocycles. The molecule has 8 nitrogen and oxygen atoms in total. The van der Waals surface area contributed by atoms with Crippen molar-refractivity contribution in [3.63, 3.8) is 0 Å². The van der Waals surface area contributed by atoms with E-state index in [-0.39, 0.29) is 25.1 Å². The van der Waals surface area contributed by atoms with Crippen LogP contribution >= 0.6 is 0 Å². The molecule has 0 unspecified atom stereocenters. The zero-order chi connectivity index (χ0) is 18.5. The molecule has 3 amide bonds. The van der Waals surface area contributed by atoms with Crippen molar-refractivity contribution in [2.75, 3.05) is 71.0 Å². The van der Waals surface area contributed by atoms with Crippen LogP contribution in [0.1, 0.15) is 0 Å². The molecule has 2 aliphatic heterocycles. The number of para-hydroxylation sites is 2. The van der Waals surface area contributed by atoms with Crippen LogP contribution in [0.25, 0.3) is 0 Å². The summed E-state index contributed by atoms with van der Waals surface area (Å²) < 4.78 is 5.34. The molecule has 2 fully saturated rings. The van der Waals surface area contributed by atoms with Gasteiger partial charge in [-0.05, 0) is 12.1 Å². The van der Waals surface area contributed by atoms with Crippen molar-refractivity contribution in [2.45, 2.75) is 0 Å². The number of ether oxygens (including phenoxy) is 1. The molecule has 1 aromatic rings. The molecule has 2 heterocycles. The molecular formula is C18H26N4O4. The fourth-order valence-corrected chi connectivity index (χ4v) is 3.43. The first-order valence-corrected chi connectivity index (χ1v) is 8.94. The zero-order valence-corrected chi connectivity index (χ0v) is 15.1. The lowest BCUT2D eigenvalue weighted by molar-refractivity contribution is -0.133. The maximum Gasteiger partial charge on any atom is 0.325 e. The SMILES string of the molecule is COc1ccccc1N1CCN(CC(=O)N2CCN(CCO)CC2)C1=O. The van der Waals surface area contributed by atoms with Crippen LogP contribution in [-0.4, -0.2) is 97.8 Å². The van der Waals surface area contributed by atoms with Crippen LogP contribution in [-0.2, 0) is 4.79 Å². The van der Waals surface area contributed by atoms with Crippen LogP contribution in [0.4, 0.5) is 10.5 Å². The van der Waals surface area contributed by atoms with Gasteiger partial charge in [-0.2, -0.15) is 0 Å². The molecule has 1 N–H and O–H groups in total. The topological polar surface area (TPSA) is 76.6 Å². The van der Waals surface area contributed by atoms with Gasteiger partial charge in [0.05, 0.1) is 19.4 Å². The van der Waals surface area contributed by atoms with E-state index in [0.29, 0.717) is 38.5 Å². The van der Waals surface area contributed by atoms with Gasteiger partial charge in [-0.15, -0.1) is 0 Å². The largest absolute Gasteiger partial charge is 0.495 e. The van der Waals surface area contributed by atoms with E-state index in [9.17, 15) is 9.59 Å². The van der Waals surface area contributed by atoms with Crippen LogP contribution in [0.3, 0.4) is 0 Å². The minimum absolute atomic E-state index is 0.0242. The molecule has 0 spiro atoms. The minimum Gasteiger partial charge on any atom is -0.495 e. The lowest BCUT2D eigenvalue weighted by Crippen LogP contribution is -2.52. The summed E-state index contributed by atoms with van der Waals surface area (Å²) in [5.41, 5.74) is 0.729. The number of nitrogens with zero attached hydrogens (tertiary/aromatic N) is 4. The van der Waals surface area contributed by atoms with Crippen molar-refractivity contribution < 1.29 is 19.4 Å². The Bertz CT molecular complexity index is 646. The van der Waals surface area contributed by atoms with Gasteiger partial charge in [-0.1, -0.05) is 12.1 Å². The van der Waals surface area contributed by atoms with Crippen LogP contribution < -0.4 is 9.64 Å². The Hall–Kier alpha value is -2.32. The second kappa shape index (κ2) is 8.37. The summed E-state index contributed by atoms with van der Waals surface area (Å²) in [6, 6.07) is 7.23. The molecular weight excluding hydrogens is 336 g/mol. The van der Waals surface area contributed by atoms with Crippen molar-refractivity contribution in [1.29, 1.82) is 0 Å². The van der Waals surface area contributed by atoms with Crippen molar-refractivity contribution in [2.24, 2.45) is 0 Å². The predicted octanol–water partition coefficient (Wildman–Crippen LogP) is 0.0737. The normalized spacial score (nSPS) is 18.5. The van der Waals surface area contributed by atoms with Gasteiger partial charge >= 0.3 is 6.03 Å². The Kier molecular flexibility index (Phi) is 5.95. The van der Waals surface area contributed by atoms with Crippen LogP contribution in [0.15, 0.2) is 24.3 Å². The first-order chi connectivity index (χ1) is 12.6. The predicted molar refractivity (Wildman–Crippen MR) is 97.4 cm³/mol. The second-order valence-corrected chi connectivity index (χ2v) is 6.47. The monoisotopic (exact) mass is 362 g/mol. The van der Waals surface area contributed by atoms with Crippen molar-refractivity contribution in [3.05, 3.63) is 24.3 Å². The van der Waals surface area contributed by atoms with Gasteiger partial charge < -0.3 is 19.6 Å². The third-order valence-corrected chi connectivity index (χ3v) is 4.94. The average Bonchev–Trinajstić information content (AvgIpc) is 3.02. The van der Waals surface area contributed by atoms with E-state index in [0.717, 1.165) is 18.8 Å². The molecule has 8 heteroatoms. The molecule has 0 atom stereocenters. The number of aliphatic hydroxyl groups is 1. The summed E-state index contributed by atoms with van der Waals surface area (Å²) in [4.78, 5) is 32.5. The molecule has 26 heavy (non-hydrogen) atoms. The van der Waals surface area contributed by atoms with E-state index in [1.54, 1.807) is 21.8 Å². The van der Waals surface area contributed by atoms with Gasteiger partial charge in [0.1, 0.15) is 12.3 Å². The summed E-state index contributed by atoms with van der Waals surface area (Å²) in [7, 11) is 1.58. The molecule has 0 aromatic heterocycles. The van der Waals surface area contributed by atoms with Crippen molar-refractivity contribution in [1.82, 2.24) is 14.7 Å². The third kappa shape index (κ3) is 3.91. The number of amides is 3. The number of anilines is 1. The third-order valence-electron chi connectivity index (χ3n) is 4.94. The molecule has 2 aliphatic rings. The lowest BCUT2D eigenvalue weighted by Gasteiger charge is -2.35. The Morgan fingerprint density at radius 2 is 1.85 bits per heavy atom. The number of aliphatic hydroxyl groups excluding tert-OH is 1. The fraction of sp³-hybridized carbons (Fsp3) is 0.556. The summed E-state index contributed by atoms with van der Waals surface area (Å²) >= 11 is 0. The number of piperazine rings is 1. The summed E-state index contributed by atoms with van der Waals surface area (Å²) in [6.07, 6.45) is 0. The number of hydrogen-bond acceptors (Lipinski definition) is 5. The van der Waals surface area contributed by atoms with E-state index in [1.165, 1.54) is 0 Å². The maximum atomic E-state index is 12.7. The average molecular weight is 362 g/mol. The number of methoxy groups -OCH3 is 1. The smallest absolute Gasteiger partial charge is 0.325 e. The first kappa shape index (κ1) is 18.5. The summed E-state index contributed by atoms with van der Waals surface area (Å²) in [6.45, 7) is 4.72. The van der Waals surface area contributed by atoms with Gasteiger partial charge in [-0.3, -0.25) is 14.6 Å². The van der Waals surface area contributed by atoms with E-state index in [2.05, 4.69) is 4.90 Å². The molecule has 0 radical (unpaired) electrons. The number of urea groups is 1. The number of hydrogen-bond donors (Lipinski definition) is 1. The van der Waals surface area contributed by atoms with E-state index < -0.39 is 0 Å². The van der Waals surface area contributed by atoms with E-state index in [1.807, 2.05) is 24.3 Å². The van der Waals surface area contributed by atoms with Gasteiger partial charge in [0, 0.05) is 45.8 Å². The number of carbonyl (C=O) groups excluding carboxylic acids is 2. The zero-order valence-electron chi connectivity index (χ0n) is 15.1. The van der Waals surface area contributed by atoms with E-state index in [4.69, 9.17) is 9.84 Å². The summed E-state index contributed by atoms with van der Waals surface area (Å²) in [5.74, 6) is 0.623. The molecule has 1 aromatic carbocycles. The standard InChI is InChI=1S/C18H26N4O4/c1-26-16-5-3-2-4-15(16)22-11-10-21(18(22)25)14-17(24)20-8-6-19(7-9-20)12-13-23/h2-5,23H,6-14H2,1H3. The highest BCUT2D eigenvalue weighted by Crippen LogP contribution is 2.30. The molecule has 0 saturated carbocycles. The molecule has 2 saturated heterocycles. The van der Waals surface area contributed by atoms with Gasteiger partial charge in [-0.25, -0.2) is 4.79 Å². The number of β-amino-alcohol motifs (C(OH)–C–C–N with tert-alkyl or cyclic N) is 1. The Balaban J connectivity index is 1.56. The Morgan fingerprint density at radius 3 is 2.54 bits per heavy atom. The van der Waals surface area contributed by atoms with Crippen molar-refractivity contribution >= 4 is 17.6 Å². The van der Waals surface area contributed by atoms with Crippen molar-refractivity contribution in [3.8, 4) is 5.75 Å². The highest BCUT2D eigenvalue weighted by atomic mass is 16.5. The minimum atomic E-state index is -0.165. The molecule has 0 bridgehead atoms. The first-order valence-electron chi connectivity index (χ1n) is 8.94. The number of rotatable bonds is 6. The number of carbonyl (C=O) groups is 2. The van der Waals surface area contributed by atoms with Crippen LogP contribution in [0, 0.1) is 0 Å². The molecule has 142 valence electrons. The van der Waals surface area contributed by atoms with Crippen LogP contribution in [0.2, 0.25) is 0 Å². The Labute approximate surface area is 153 Å². The van der Waals surface area contributed by atoms with E-state index >= 15 is 0 Å². The van der Waals surface area contributed by atoms with Crippen LogP contribution in [0.5, 0.6) is 5.75 Å². The quantitative estimate of drug-likeness (QED) is 0.775. The highest BCUT2D eigenvalue weighted by Gasteiger charge is 2.33. The summed E-state index contributed by atoms with van der Waals surface area (Å²) in [5, 5.41) is 8.99. The second-order valence-electron chi connectivity index (χ2n) is 6.47. The van der Waals surface area contributed by atoms with Gasteiger partial charge in [0.25, 0.3) is 0 Å².